The summed E-state index contributed by atoms with van der Waals surface area (Å²) in [6, 6.07) is 7.18. The molecule has 0 heterocycles. The summed E-state index contributed by atoms with van der Waals surface area (Å²) < 4.78 is 0. The van der Waals surface area contributed by atoms with Crippen LogP contribution in [0.3, 0.4) is 0 Å². The predicted octanol–water partition coefficient (Wildman–Crippen LogP) is 4.08. The molecular weight excluding hydrogens is 212 g/mol. The van der Waals surface area contributed by atoms with E-state index in [9.17, 15) is 10.2 Å². The lowest BCUT2D eigenvalue weighted by molar-refractivity contribution is 0.394. The third kappa shape index (κ3) is 3.99. The molecule has 1 aromatic rings. The highest BCUT2D eigenvalue weighted by atomic mass is 16.3. The van der Waals surface area contributed by atoms with Crippen LogP contribution in [0.5, 0.6) is 5.75 Å². The molecule has 0 radical (unpaired) electrons. The van der Waals surface area contributed by atoms with Gasteiger partial charge in [-0.25, -0.2) is 0 Å². The van der Waals surface area contributed by atoms with E-state index in [-0.39, 0.29) is 11.2 Å². The second kappa shape index (κ2) is 5.58. The first-order valence-electron chi connectivity index (χ1n) is 5.82. The molecular formula is C15H20O2. The first-order valence-corrected chi connectivity index (χ1v) is 5.82. The molecule has 0 amide bonds. The molecule has 0 atom stereocenters. The molecule has 1 aromatic carbocycles. The molecule has 0 bridgehead atoms. The van der Waals surface area contributed by atoms with E-state index in [1.54, 1.807) is 18.2 Å². The molecule has 1 rings (SSSR count). The fourth-order valence-corrected chi connectivity index (χ4v) is 1.50. The van der Waals surface area contributed by atoms with E-state index in [0.29, 0.717) is 12.2 Å². The Bertz CT molecular complexity index is 411. The van der Waals surface area contributed by atoms with Crippen molar-refractivity contribution in [1.82, 2.24) is 0 Å². The van der Waals surface area contributed by atoms with Crippen LogP contribution >= 0.6 is 0 Å². The van der Waals surface area contributed by atoms with Gasteiger partial charge < -0.3 is 10.2 Å². The molecule has 2 N–H and O–H groups in total. The number of aliphatic hydroxyl groups is 1. The van der Waals surface area contributed by atoms with Crippen LogP contribution in [0.15, 0.2) is 48.3 Å². The maximum absolute atomic E-state index is 9.34. The van der Waals surface area contributed by atoms with Crippen LogP contribution in [0, 0.1) is 0 Å². The van der Waals surface area contributed by atoms with Gasteiger partial charge in [0, 0.05) is 11.8 Å². The molecule has 0 aliphatic rings. The zero-order valence-corrected chi connectivity index (χ0v) is 10.6. The van der Waals surface area contributed by atoms with Gasteiger partial charge in [-0.05, 0) is 23.8 Å². The Labute approximate surface area is 103 Å². The van der Waals surface area contributed by atoms with E-state index in [1.807, 2.05) is 31.2 Å². The summed E-state index contributed by atoms with van der Waals surface area (Å²) in [5, 5.41) is 18.6. The van der Waals surface area contributed by atoms with E-state index in [0.717, 1.165) is 5.56 Å². The number of allylic oxidation sites excluding steroid dienone is 4. The van der Waals surface area contributed by atoms with Crippen LogP contribution in [-0.4, -0.2) is 10.2 Å². The molecule has 0 spiro atoms. The number of aromatic hydroxyl groups is 1. The van der Waals surface area contributed by atoms with Crippen molar-refractivity contribution >= 4 is 0 Å². The number of hydrogen-bond acceptors (Lipinski definition) is 2. The van der Waals surface area contributed by atoms with E-state index in [2.05, 4.69) is 13.8 Å². The minimum absolute atomic E-state index is 0.127. The molecule has 0 saturated carbocycles. The number of benzene rings is 1. The van der Waals surface area contributed by atoms with Crippen molar-refractivity contribution in [2.45, 2.75) is 32.6 Å². The summed E-state index contributed by atoms with van der Waals surface area (Å²) in [4.78, 5) is 0. The van der Waals surface area contributed by atoms with Gasteiger partial charge in [-0.1, -0.05) is 45.1 Å². The smallest absolute Gasteiger partial charge is 0.115 e. The Morgan fingerprint density at radius 2 is 1.82 bits per heavy atom. The zero-order chi connectivity index (χ0) is 12.9. The van der Waals surface area contributed by atoms with E-state index in [1.165, 1.54) is 0 Å². The highest BCUT2D eigenvalue weighted by Gasteiger charge is 2.15. The van der Waals surface area contributed by atoms with Crippen molar-refractivity contribution in [2.24, 2.45) is 0 Å². The van der Waals surface area contributed by atoms with E-state index < -0.39 is 0 Å². The Morgan fingerprint density at radius 1 is 1.24 bits per heavy atom. The predicted molar refractivity (Wildman–Crippen MR) is 71.3 cm³/mol. The van der Waals surface area contributed by atoms with Crippen molar-refractivity contribution in [3.63, 3.8) is 0 Å². The molecule has 0 saturated heterocycles. The summed E-state index contributed by atoms with van der Waals surface area (Å²) in [6.45, 7) is 6.09. The van der Waals surface area contributed by atoms with Gasteiger partial charge in [0.05, 0.1) is 5.76 Å². The molecule has 0 fully saturated rings. The number of phenolic OH excluding ortho intramolecular Hbond substituents is 1. The lowest BCUT2D eigenvalue weighted by Crippen LogP contribution is -2.12. The van der Waals surface area contributed by atoms with Crippen LogP contribution in [0.1, 0.15) is 32.8 Å². The fraction of sp³-hybridized carbons (Fsp3) is 0.333. The van der Waals surface area contributed by atoms with Crippen molar-refractivity contribution in [3.05, 3.63) is 53.8 Å². The summed E-state index contributed by atoms with van der Waals surface area (Å²) in [5.74, 6) is 0.653. The third-order valence-electron chi connectivity index (χ3n) is 2.78. The van der Waals surface area contributed by atoms with Crippen LogP contribution in [0.2, 0.25) is 0 Å². The van der Waals surface area contributed by atoms with E-state index in [4.69, 9.17) is 0 Å². The Kier molecular flexibility index (Phi) is 4.38. The molecule has 0 unspecified atom stereocenters. The largest absolute Gasteiger partial charge is 0.512 e. The van der Waals surface area contributed by atoms with Crippen molar-refractivity contribution in [1.29, 1.82) is 0 Å². The highest BCUT2D eigenvalue weighted by Crippen LogP contribution is 2.26. The van der Waals surface area contributed by atoms with E-state index >= 15 is 0 Å². The van der Waals surface area contributed by atoms with Gasteiger partial charge in [0.2, 0.25) is 0 Å². The first kappa shape index (κ1) is 13.4. The van der Waals surface area contributed by atoms with Gasteiger partial charge in [-0.15, -0.1) is 0 Å². The fourth-order valence-electron chi connectivity index (χ4n) is 1.50. The van der Waals surface area contributed by atoms with Crippen molar-refractivity contribution < 1.29 is 10.2 Å². The van der Waals surface area contributed by atoms with Gasteiger partial charge in [-0.2, -0.15) is 0 Å². The first-order chi connectivity index (χ1) is 7.95. The van der Waals surface area contributed by atoms with Crippen molar-refractivity contribution in [2.75, 3.05) is 0 Å². The van der Waals surface area contributed by atoms with Crippen molar-refractivity contribution in [3.8, 4) is 5.75 Å². The quantitative estimate of drug-likeness (QED) is 0.606. The second-order valence-electron chi connectivity index (χ2n) is 4.64. The van der Waals surface area contributed by atoms with Crippen LogP contribution in [-0.2, 0) is 5.41 Å². The zero-order valence-electron chi connectivity index (χ0n) is 10.6. The lowest BCUT2D eigenvalue weighted by Gasteiger charge is -2.20. The van der Waals surface area contributed by atoms with Crippen LogP contribution < -0.4 is 0 Å². The molecule has 0 aliphatic carbocycles. The molecule has 2 nitrogen and oxygen atoms in total. The third-order valence-corrected chi connectivity index (χ3v) is 2.78. The lowest BCUT2D eigenvalue weighted by atomic mass is 9.84. The molecule has 0 aliphatic heterocycles. The normalized spacial score (nSPS) is 13.2. The maximum Gasteiger partial charge on any atom is 0.115 e. The summed E-state index contributed by atoms with van der Waals surface area (Å²) in [7, 11) is 0. The van der Waals surface area contributed by atoms with Gasteiger partial charge in [0.15, 0.2) is 0 Å². The average molecular weight is 232 g/mol. The van der Waals surface area contributed by atoms with Gasteiger partial charge in [0.1, 0.15) is 5.75 Å². The number of phenols is 1. The summed E-state index contributed by atoms with van der Waals surface area (Å²) >= 11 is 0. The Hall–Kier alpha value is -1.70. The Morgan fingerprint density at radius 3 is 2.35 bits per heavy atom. The standard InChI is InChI=1S/C15H20O2/c1-4-13(16)6-5-11-15(2,3)12-7-9-14(17)10-8-12/h5-11,16-17H,4H2,1-3H3/b11-5+,13-6+. The van der Waals surface area contributed by atoms with Gasteiger partial charge >= 0.3 is 0 Å². The van der Waals surface area contributed by atoms with Crippen LogP contribution in [0.25, 0.3) is 0 Å². The maximum atomic E-state index is 9.34. The van der Waals surface area contributed by atoms with Crippen LogP contribution in [0.4, 0.5) is 0 Å². The summed E-state index contributed by atoms with van der Waals surface area (Å²) in [5.41, 5.74) is 0.994. The summed E-state index contributed by atoms with van der Waals surface area (Å²) in [6.07, 6.45) is 6.25. The van der Waals surface area contributed by atoms with Gasteiger partial charge in [0.25, 0.3) is 0 Å². The number of aliphatic hydroxyl groups excluding tert-OH is 1. The minimum Gasteiger partial charge on any atom is -0.512 e. The molecule has 17 heavy (non-hydrogen) atoms. The molecule has 0 aromatic heterocycles. The Balaban J connectivity index is 2.84. The SMILES string of the molecule is CC/C(O)=C\C=C\C(C)(C)c1ccc(O)cc1. The average Bonchev–Trinajstić information content (AvgIpc) is 2.29. The topological polar surface area (TPSA) is 40.5 Å². The van der Waals surface area contributed by atoms with Gasteiger partial charge in [-0.3, -0.25) is 0 Å². The monoisotopic (exact) mass is 232 g/mol. The molecule has 2 heteroatoms. The number of rotatable bonds is 4. The molecule has 92 valence electrons. The number of hydrogen-bond donors (Lipinski definition) is 2. The highest BCUT2D eigenvalue weighted by molar-refractivity contribution is 5.34. The second-order valence-corrected chi connectivity index (χ2v) is 4.64. The minimum atomic E-state index is -0.127.